The van der Waals surface area contributed by atoms with Gasteiger partial charge in [0, 0.05) is 31.4 Å². The smallest absolute Gasteiger partial charge is 0.129 e. The van der Waals surface area contributed by atoms with Gasteiger partial charge in [-0.05, 0) is 52.1 Å². The van der Waals surface area contributed by atoms with Crippen molar-refractivity contribution in [1.82, 2.24) is 5.32 Å². The Bertz CT molecular complexity index is 556. The number of hydrogen-bond donors (Lipinski definition) is 1. The molecule has 0 aliphatic carbocycles. The maximum atomic E-state index is 13.9. The molecule has 19 heavy (non-hydrogen) atoms. The van der Waals surface area contributed by atoms with Crippen molar-refractivity contribution >= 4 is 33.0 Å². The Hall–Kier alpha value is -0.910. The van der Waals surface area contributed by atoms with Gasteiger partial charge in [0.2, 0.25) is 0 Å². The van der Waals surface area contributed by atoms with E-state index in [1.54, 1.807) is 17.4 Å². The lowest BCUT2D eigenvalue weighted by Gasteiger charge is -2.22. The second-order valence-corrected chi connectivity index (χ2v) is 6.67. The molecule has 0 fully saturated rings. The summed E-state index contributed by atoms with van der Waals surface area (Å²) in [6.45, 7) is 1.29. The molecule has 2 aromatic rings. The van der Waals surface area contributed by atoms with Gasteiger partial charge in [-0.1, -0.05) is 6.07 Å². The molecule has 2 nitrogen and oxygen atoms in total. The highest BCUT2D eigenvalue weighted by atomic mass is 79.9. The molecule has 1 N–H and O–H groups in total. The SMILES string of the molecule is CNCc1c(F)cccc1N(C)Cc1csc(Br)c1. The molecule has 1 heterocycles. The zero-order valence-electron chi connectivity index (χ0n) is 10.9. The van der Waals surface area contributed by atoms with Crippen molar-refractivity contribution in [2.24, 2.45) is 0 Å². The Labute approximate surface area is 125 Å². The van der Waals surface area contributed by atoms with Crippen LogP contribution in [0.5, 0.6) is 0 Å². The predicted octanol–water partition coefficient (Wildman–Crippen LogP) is 4.01. The van der Waals surface area contributed by atoms with E-state index in [1.807, 2.05) is 20.2 Å². The van der Waals surface area contributed by atoms with Crippen molar-refractivity contribution in [3.05, 3.63) is 50.4 Å². The van der Waals surface area contributed by atoms with Crippen molar-refractivity contribution in [3.8, 4) is 0 Å². The van der Waals surface area contributed by atoms with Crippen LogP contribution in [0.4, 0.5) is 10.1 Å². The van der Waals surface area contributed by atoms with Crippen molar-refractivity contribution in [3.63, 3.8) is 0 Å². The first-order valence-corrected chi connectivity index (χ1v) is 7.65. The number of rotatable bonds is 5. The topological polar surface area (TPSA) is 15.3 Å². The van der Waals surface area contributed by atoms with Crippen LogP contribution in [0.2, 0.25) is 0 Å². The van der Waals surface area contributed by atoms with E-state index in [2.05, 4.69) is 37.6 Å². The molecule has 102 valence electrons. The molecule has 0 saturated carbocycles. The van der Waals surface area contributed by atoms with Crippen LogP contribution < -0.4 is 10.2 Å². The summed E-state index contributed by atoms with van der Waals surface area (Å²) in [5, 5.41) is 5.12. The summed E-state index contributed by atoms with van der Waals surface area (Å²) in [4.78, 5) is 2.07. The van der Waals surface area contributed by atoms with Gasteiger partial charge in [0.25, 0.3) is 0 Å². The summed E-state index contributed by atoms with van der Waals surface area (Å²) < 4.78 is 15.0. The normalized spacial score (nSPS) is 10.7. The molecule has 0 amide bonds. The van der Waals surface area contributed by atoms with E-state index in [0.717, 1.165) is 16.0 Å². The Morgan fingerprint density at radius 1 is 1.42 bits per heavy atom. The highest BCUT2D eigenvalue weighted by Crippen LogP contribution is 2.26. The first kappa shape index (κ1) is 14.5. The quantitative estimate of drug-likeness (QED) is 0.883. The summed E-state index contributed by atoms with van der Waals surface area (Å²) in [6, 6.07) is 7.31. The molecule has 1 aromatic heterocycles. The maximum Gasteiger partial charge on any atom is 0.129 e. The number of thiophene rings is 1. The van der Waals surface area contributed by atoms with Crippen LogP contribution >= 0.6 is 27.3 Å². The number of anilines is 1. The monoisotopic (exact) mass is 342 g/mol. The molecule has 0 spiro atoms. The maximum absolute atomic E-state index is 13.9. The number of nitrogens with one attached hydrogen (secondary N) is 1. The molecule has 2 rings (SSSR count). The largest absolute Gasteiger partial charge is 0.370 e. The average Bonchev–Trinajstić information content (AvgIpc) is 2.77. The van der Waals surface area contributed by atoms with Crippen molar-refractivity contribution in [2.75, 3.05) is 19.0 Å². The van der Waals surface area contributed by atoms with E-state index in [0.29, 0.717) is 12.1 Å². The van der Waals surface area contributed by atoms with Crippen molar-refractivity contribution in [1.29, 1.82) is 0 Å². The van der Waals surface area contributed by atoms with Gasteiger partial charge in [-0.15, -0.1) is 11.3 Å². The van der Waals surface area contributed by atoms with Crippen LogP contribution in [0.3, 0.4) is 0 Å². The molecule has 5 heteroatoms. The molecule has 1 aromatic carbocycles. The minimum atomic E-state index is -0.162. The summed E-state index contributed by atoms with van der Waals surface area (Å²) in [7, 11) is 3.81. The molecular formula is C14H16BrFN2S. The van der Waals surface area contributed by atoms with E-state index in [4.69, 9.17) is 0 Å². The van der Waals surface area contributed by atoms with Crippen LogP contribution in [0, 0.1) is 5.82 Å². The van der Waals surface area contributed by atoms with Crippen LogP contribution in [0.15, 0.2) is 33.4 Å². The molecule has 0 bridgehead atoms. The zero-order valence-corrected chi connectivity index (χ0v) is 13.3. The van der Waals surface area contributed by atoms with Gasteiger partial charge < -0.3 is 10.2 Å². The molecular weight excluding hydrogens is 327 g/mol. The zero-order chi connectivity index (χ0) is 13.8. The van der Waals surface area contributed by atoms with E-state index in [9.17, 15) is 4.39 Å². The van der Waals surface area contributed by atoms with Crippen LogP contribution in [0.1, 0.15) is 11.1 Å². The molecule has 0 atom stereocenters. The molecule has 0 unspecified atom stereocenters. The first-order valence-electron chi connectivity index (χ1n) is 5.98. The Morgan fingerprint density at radius 3 is 2.84 bits per heavy atom. The second kappa shape index (κ2) is 6.50. The van der Waals surface area contributed by atoms with E-state index in [1.165, 1.54) is 11.6 Å². The van der Waals surface area contributed by atoms with Crippen molar-refractivity contribution in [2.45, 2.75) is 13.1 Å². The lowest BCUT2D eigenvalue weighted by molar-refractivity contribution is 0.599. The molecule has 0 radical (unpaired) electrons. The molecule has 0 aliphatic heterocycles. The summed E-state index contributed by atoms with van der Waals surface area (Å²) in [6.07, 6.45) is 0. The lowest BCUT2D eigenvalue weighted by Crippen LogP contribution is -2.20. The number of hydrogen-bond acceptors (Lipinski definition) is 3. The third kappa shape index (κ3) is 3.55. The minimum Gasteiger partial charge on any atom is -0.370 e. The number of halogens is 2. The van der Waals surface area contributed by atoms with Gasteiger partial charge in [0.15, 0.2) is 0 Å². The van der Waals surface area contributed by atoms with Crippen LogP contribution in [-0.4, -0.2) is 14.1 Å². The fourth-order valence-corrected chi connectivity index (χ4v) is 3.24. The van der Waals surface area contributed by atoms with Crippen LogP contribution in [0.25, 0.3) is 0 Å². The third-order valence-corrected chi connectivity index (χ3v) is 4.45. The molecule has 0 aliphatic rings. The van der Waals surface area contributed by atoms with E-state index < -0.39 is 0 Å². The predicted molar refractivity (Wildman–Crippen MR) is 83.3 cm³/mol. The number of benzene rings is 1. The van der Waals surface area contributed by atoms with Gasteiger partial charge in [-0.25, -0.2) is 4.39 Å². The third-order valence-electron chi connectivity index (χ3n) is 2.90. The van der Waals surface area contributed by atoms with Gasteiger partial charge in [0.05, 0.1) is 3.79 Å². The average molecular weight is 343 g/mol. The summed E-state index contributed by atoms with van der Waals surface area (Å²) in [5.41, 5.74) is 2.86. The highest BCUT2D eigenvalue weighted by Gasteiger charge is 2.12. The van der Waals surface area contributed by atoms with Crippen molar-refractivity contribution < 1.29 is 4.39 Å². The Kier molecular flexibility index (Phi) is 4.96. The summed E-state index contributed by atoms with van der Waals surface area (Å²) in [5.74, 6) is -0.162. The lowest BCUT2D eigenvalue weighted by atomic mass is 10.1. The Morgan fingerprint density at radius 2 is 2.21 bits per heavy atom. The fourth-order valence-electron chi connectivity index (χ4n) is 2.04. The molecule has 0 saturated heterocycles. The van der Waals surface area contributed by atoms with Gasteiger partial charge in [-0.2, -0.15) is 0 Å². The first-order chi connectivity index (χ1) is 9.11. The fraction of sp³-hybridized carbons (Fsp3) is 0.286. The van der Waals surface area contributed by atoms with E-state index in [-0.39, 0.29) is 5.82 Å². The highest BCUT2D eigenvalue weighted by molar-refractivity contribution is 9.11. The minimum absolute atomic E-state index is 0.162. The van der Waals surface area contributed by atoms with Crippen LogP contribution in [-0.2, 0) is 13.1 Å². The second-order valence-electron chi connectivity index (χ2n) is 4.38. The Balaban J connectivity index is 2.23. The number of nitrogens with zero attached hydrogens (tertiary/aromatic N) is 1. The standard InChI is InChI=1S/C14H16BrFN2S/c1-17-7-11-12(16)4-3-5-13(11)18(2)8-10-6-14(15)19-9-10/h3-6,9,17H,7-8H2,1-2H3. The van der Waals surface area contributed by atoms with Gasteiger partial charge >= 0.3 is 0 Å². The van der Waals surface area contributed by atoms with Gasteiger partial charge in [0.1, 0.15) is 5.82 Å². The summed E-state index contributed by atoms with van der Waals surface area (Å²) >= 11 is 5.12. The van der Waals surface area contributed by atoms with Gasteiger partial charge in [-0.3, -0.25) is 0 Å². The van der Waals surface area contributed by atoms with E-state index >= 15 is 0 Å².